The van der Waals surface area contributed by atoms with Gasteiger partial charge in [0.15, 0.2) is 5.82 Å². The van der Waals surface area contributed by atoms with E-state index in [4.69, 9.17) is 17.3 Å². The molecule has 3 N–H and O–H groups in total. The lowest BCUT2D eigenvalue weighted by atomic mass is 10.3. The van der Waals surface area contributed by atoms with Crippen molar-refractivity contribution < 1.29 is 17.3 Å². The van der Waals surface area contributed by atoms with E-state index in [9.17, 15) is 12.8 Å². The van der Waals surface area contributed by atoms with Gasteiger partial charge >= 0.3 is 0 Å². The third-order valence-corrected chi connectivity index (χ3v) is 3.87. The number of nitrogens with one attached hydrogen (secondary N) is 1. The predicted molar refractivity (Wildman–Crippen MR) is 66.4 cm³/mol. The number of nitrogen functional groups attached to an aromatic ring is 1. The van der Waals surface area contributed by atoms with Gasteiger partial charge in [-0.05, 0) is 12.1 Å². The molecule has 2 rings (SSSR count). The van der Waals surface area contributed by atoms with E-state index in [1.807, 2.05) is 0 Å². The quantitative estimate of drug-likeness (QED) is 0.835. The molecule has 0 unspecified atom stereocenters. The number of nitrogens with two attached hydrogens (primary N) is 1. The Labute approximate surface area is 113 Å². The average molecular weight is 306 g/mol. The first-order valence-corrected chi connectivity index (χ1v) is 6.90. The predicted octanol–water partition coefficient (Wildman–Crippen LogP) is 1.53. The van der Waals surface area contributed by atoms with Crippen molar-refractivity contribution in [1.29, 1.82) is 0 Å². The van der Waals surface area contributed by atoms with Gasteiger partial charge in [-0.3, -0.25) is 0 Å². The second-order valence-electron chi connectivity index (χ2n) is 3.62. The molecule has 0 aliphatic rings. The summed E-state index contributed by atoms with van der Waals surface area (Å²) in [6.07, 6.45) is 1.29. The highest BCUT2D eigenvalue weighted by Gasteiger charge is 2.21. The van der Waals surface area contributed by atoms with Crippen LogP contribution in [0.4, 0.5) is 10.1 Å². The second-order valence-corrected chi connectivity index (χ2v) is 5.79. The van der Waals surface area contributed by atoms with Crippen molar-refractivity contribution in [3.63, 3.8) is 0 Å². The monoisotopic (exact) mass is 305 g/mol. The molecule has 0 saturated heterocycles. The highest BCUT2D eigenvalue weighted by atomic mass is 35.5. The molecule has 0 bridgehead atoms. The summed E-state index contributed by atoms with van der Waals surface area (Å²) in [4.78, 5) is -0.610. The van der Waals surface area contributed by atoms with Crippen LogP contribution in [0.2, 0.25) is 5.02 Å². The van der Waals surface area contributed by atoms with Crippen molar-refractivity contribution in [3.8, 4) is 0 Å². The molecule has 0 fully saturated rings. The largest absolute Gasteiger partial charge is 0.396 e. The van der Waals surface area contributed by atoms with Gasteiger partial charge < -0.3 is 10.3 Å². The fourth-order valence-corrected chi connectivity index (χ4v) is 2.78. The van der Waals surface area contributed by atoms with E-state index in [1.165, 1.54) is 12.3 Å². The first-order valence-electron chi connectivity index (χ1n) is 5.03. The lowest BCUT2D eigenvalue weighted by Crippen LogP contribution is -2.24. The smallest absolute Gasteiger partial charge is 0.243 e. The Morgan fingerprint density at radius 3 is 2.84 bits per heavy atom. The zero-order chi connectivity index (χ0) is 14.0. The molecule has 0 spiro atoms. The Hall–Kier alpha value is -1.64. The number of nitrogens with zero attached hydrogens (tertiary/aromatic N) is 1. The van der Waals surface area contributed by atoms with Crippen LogP contribution in [0.1, 0.15) is 5.69 Å². The van der Waals surface area contributed by atoms with E-state index >= 15 is 0 Å². The molecule has 6 nitrogen and oxygen atoms in total. The SMILES string of the molecule is Nc1cc(Cl)cc(S(=O)(=O)NCc2ccon2)c1F. The van der Waals surface area contributed by atoms with Crippen molar-refractivity contribution in [3.05, 3.63) is 41.0 Å². The average Bonchev–Trinajstić information content (AvgIpc) is 2.84. The van der Waals surface area contributed by atoms with E-state index in [-0.39, 0.29) is 17.3 Å². The molecule has 1 heterocycles. The van der Waals surface area contributed by atoms with Crippen LogP contribution < -0.4 is 10.5 Å². The van der Waals surface area contributed by atoms with Crippen molar-refractivity contribution >= 4 is 27.3 Å². The molecule has 2 aromatic rings. The number of anilines is 1. The third kappa shape index (κ3) is 3.03. The van der Waals surface area contributed by atoms with Crippen molar-refractivity contribution in [2.24, 2.45) is 0 Å². The van der Waals surface area contributed by atoms with Crippen LogP contribution in [0.25, 0.3) is 0 Å². The lowest BCUT2D eigenvalue weighted by molar-refractivity contribution is 0.411. The molecule has 0 saturated carbocycles. The van der Waals surface area contributed by atoms with Crippen LogP contribution in [-0.2, 0) is 16.6 Å². The summed E-state index contributed by atoms with van der Waals surface area (Å²) < 4.78 is 44.3. The molecule has 0 amide bonds. The van der Waals surface area contributed by atoms with Gasteiger partial charge in [0.1, 0.15) is 11.2 Å². The van der Waals surface area contributed by atoms with Crippen LogP contribution >= 0.6 is 11.6 Å². The number of aromatic nitrogens is 1. The molecule has 102 valence electrons. The summed E-state index contributed by atoms with van der Waals surface area (Å²) in [5.74, 6) is -1.04. The standard InChI is InChI=1S/C10H9ClFN3O3S/c11-6-3-8(13)10(12)9(4-6)19(16,17)14-5-7-1-2-18-15-7/h1-4,14H,5,13H2. The van der Waals surface area contributed by atoms with E-state index in [0.717, 1.165) is 12.1 Å². The number of sulfonamides is 1. The molecule has 1 aromatic carbocycles. The van der Waals surface area contributed by atoms with Crippen molar-refractivity contribution in [1.82, 2.24) is 9.88 Å². The number of hydrogen-bond acceptors (Lipinski definition) is 5. The summed E-state index contributed by atoms with van der Waals surface area (Å²) >= 11 is 5.66. The zero-order valence-electron chi connectivity index (χ0n) is 9.43. The number of rotatable bonds is 4. The van der Waals surface area contributed by atoms with Gasteiger partial charge in [0.2, 0.25) is 10.0 Å². The highest BCUT2D eigenvalue weighted by Crippen LogP contribution is 2.25. The Morgan fingerprint density at radius 1 is 1.47 bits per heavy atom. The highest BCUT2D eigenvalue weighted by molar-refractivity contribution is 7.89. The number of benzene rings is 1. The molecule has 0 aliphatic heterocycles. The summed E-state index contributed by atoms with van der Waals surface area (Å²) in [5, 5.41) is 3.55. The van der Waals surface area contributed by atoms with Crippen LogP contribution in [0, 0.1) is 5.82 Å². The first-order chi connectivity index (χ1) is 8.90. The molecule has 0 atom stereocenters. The van der Waals surface area contributed by atoms with Gasteiger partial charge in [-0.25, -0.2) is 17.5 Å². The lowest BCUT2D eigenvalue weighted by Gasteiger charge is -2.08. The molecular formula is C10H9ClFN3O3S. The molecule has 19 heavy (non-hydrogen) atoms. The summed E-state index contributed by atoms with van der Waals surface area (Å²) in [7, 11) is -4.08. The van der Waals surface area contributed by atoms with Crippen molar-refractivity contribution in [2.75, 3.05) is 5.73 Å². The van der Waals surface area contributed by atoms with E-state index < -0.39 is 20.7 Å². The molecule has 1 aromatic heterocycles. The fraction of sp³-hybridized carbons (Fsp3) is 0.100. The van der Waals surface area contributed by atoms with Crippen LogP contribution in [-0.4, -0.2) is 13.6 Å². The normalized spacial score (nSPS) is 11.7. The Morgan fingerprint density at radius 2 is 2.21 bits per heavy atom. The van der Waals surface area contributed by atoms with E-state index in [2.05, 4.69) is 14.4 Å². The van der Waals surface area contributed by atoms with Gasteiger partial charge in [0.05, 0.1) is 17.9 Å². The Kier molecular flexibility index (Phi) is 3.74. The molecule has 9 heteroatoms. The van der Waals surface area contributed by atoms with Gasteiger partial charge in [-0.1, -0.05) is 16.8 Å². The topological polar surface area (TPSA) is 98.2 Å². The second kappa shape index (κ2) is 5.16. The molecule has 0 radical (unpaired) electrons. The van der Waals surface area contributed by atoms with Crippen LogP contribution in [0.3, 0.4) is 0 Å². The Balaban J connectivity index is 2.29. The molecular weight excluding hydrogens is 297 g/mol. The summed E-state index contributed by atoms with van der Waals surface area (Å²) in [6, 6.07) is 3.59. The minimum absolute atomic E-state index is 0.0284. The maximum atomic E-state index is 13.7. The number of halogens is 2. The fourth-order valence-electron chi connectivity index (χ4n) is 1.36. The maximum absolute atomic E-state index is 13.7. The van der Waals surface area contributed by atoms with Gasteiger partial charge in [-0.2, -0.15) is 0 Å². The van der Waals surface area contributed by atoms with Gasteiger partial charge in [-0.15, -0.1) is 0 Å². The summed E-state index contributed by atoms with van der Waals surface area (Å²) in [5.41, 5.74) is 5.35. The maximum Gasteiger partial charge on any atom is 0.243 e. The van der Waals surface area contributed by atoms with Gasteiger partial charge in [0.25, 0.3) is 0 Å². The first kappa shape index (κ1) is 13.8. The minimum atomic E-state index is -4.08. The number of hydrogen-bond donors (Lipinski definition) is 2. The van der Waals surface area contributed by atoms with Crippen LogP contribution in [0.15, 0.2) is 33.9 Å². The summed E-state index contributed by atoms with van der Waals surface area (Å²) in [6.45, 7) is -0.134. The van der Waals surface area contributed by atoms with Crippen LogP contribution in [0.5, 0.6) is 0 Å². The third-order valence-electron chi connectivity index (χ3n) is 2.26. The Bertz CT molecular complexity index is 688. The van der Waals surface area contributed by atoms with E-state index in [0.29, 0.717) is 5.69 Å². The van der Waals surface area contributed by atoms with Crippen molar-refractivity contribution in [2.45, 2.75) is 11.4 Å². The van der Waals surface area contributed by atoms with Gasteiger partial charge in [0, 0.05) is 11.1 Å². The minimum Gasteiger partial charge on any atom is -0.396 e. The van der Waals surface area contributed by atoms with E-state index in [1.54, 1.807) is 0 Å². The molecule has 0 aliphatic carbocycles. The zero-order valence-corrected chi connectivity index (χ0v) is 11.0.